The number of rotatable bonds is 4. The number of benzene rings is 2. The Hall–Kier alpha value is -3.34. The summed E-state index contributed by atoms with van der Waals surface area (Å²) < 4.78 is 6.71. The van der Waals surface area contributed by atoms with E-state index in [-0.39, 0.29) is 5.56 Å². The molecular weight excluding hydrogens is 326 g/mol. The summed E-state index contributed by atoms with van der Waals surface area (Å²) in [5.74, 6) is 0.793. The molecule has 0 unspecified atom stereocenters. The molecule has 2 heterocycles. The SMILES string of the molecule is COc1ccc(-c2cc3nc(C)c(Cc4ccccc4)c(=O)n3[nH]2)cc1. The molecule has 130 valence electrons. The van der Waals surface area contributed by atoms with Crippen molar-refractivity contribution in [2.45, 2.75) is 13.3 Å². The van der Waals surface area contributed by atoms with Gasteiger partial charge in [-0.15, -0.1) is 0 Å². The normalized spacial score (nSPS) is 11.0. The van der Waals surface area contributed by atoms with Crippen LogP contribution in [0.3, 0.4) is 0 Å². The van der Waals surface area contributed by atoms with Crippen LogP contribution < -0.4 is 10.3 Å². The van der Waals surface area contributed by atoms with Crippen LogP contribution in [-0.2, 0) is 6.42 Å². The molecule has 5 nitrogen and oxygen atoms in total. The number of nitrogens with zero attached hydrogens (tertiary/aromatic N) is 2. The number of aryl methyl sites for hydroxylation is 1. The molecule has 2 aromatic carbocycles. The molecule has 4 aromatic rings. The van der Waals surface area contributed by atoms with E-state index in [0.29, 0.717) is 17.6 Å². The number of aromatic nitrogens is 3. The molecule has 0 spiro atoms. The maximum atomic E-state index is 13.0. The maximum Gasteiger partial charge on any atom is 0.276 e. The molecule has 0 aliphatic carbocycles. The van der Waals surface area contributed by atoms with Gasteiger partial charge in [0.05, 0.1) is 12.8 Å². The van der Waals surface area contributed by atoms with Gasteiger partial charge in [-0.3, -0.25) is 9.89 Å². The van der Waals surface area contributed by atoms with Gasteiger partial charge in [-0.1, -0.05) is 30.3 Å². The molecule has 1 N–H and O–H groups in total. The molecule has 0 saturated carbocycles. The highest BCUT2D eigenvalue weighted by atomic mass is 16.5. The molecule has 0 radical (unpaired) electrons. The molecule has 0 saturated heterocycles. The van der Waals surface area contributed by atoms with Gasteiger partial charge in [0.2, 0.25) is 0 Å². The van der Waals surface area contributed by atoms with Crippen molar-refractivity contribution < 1.29 is 4.74 Å². The van der Waals surface area contributed by atoms with Gasteiger partial charge in [0.1, 0.15) is 5.75 Å². The summed E-state index contributed by atoms with van der Waals surface area (Å²) in [7, 11) is 1.64. The van der Waals surface area contributed by atoms with E-state index in [1.54, 1.807) is 7.11 Å². The minimum Gasteiger partial charge on any atom is -0.497 e. The van der Waals surface area contributed by atoms with Crippen LogP contribution in [-0.4, -0.2) is 21.7 Å². The van der Waals surface area contributed by atoms with Crippen molar-refractivity contribution in [1.82, 2.24) is 14.6 Å². The number of hydrogen-bond donors (Lipinski definition) is 1. The Morgan fingerprint density at radius 3 is 2.50 bits per heavy atom. The standard InChI is InChI=1S/C21H19N3O2/c1-14-18(12-15-6-4-3-5-7-15)21(25)24-20(22-14)13-19(23-24)16-8-10-17(26-2)11-9-16/h3-11,13,23H,12H2,1-2H3. The maximum absolute atomic E-state index is 13.0. The van der Waals surface area contributed by atoms with Gasteiger partial charge in [0.25, 0.3) is 5.56 Å². The van der Waals surface area contributed by atoms with E-state index in [9.17, 15) is 4.79 Å². The van der Waals surface area contributed by atoms with Crippen LogP contribution in [0, 0.1) is 6.92 Å². The zero-order valence-electron chi connectivity index (χ0n) is 14.7. The second-order valence-corrected chi connectivity index (χ2v) is 6.24. The van der Waals surface area contributed by atoms with E-state index >= 15 is 0 Å². The van der Waals surface area contributed by atoms with Crippen molar-refractivity contribution in [2.24, 2.45) is 0 Å². The van der Waals surface area contributed by atoms with Crippen molar-refractivity contribution in [3.05, 3.63) is 87.8 Å². The summed E-state index contributed by atoms with van der Waals surface area (Å²) in [5.41, 5.74) is 4.94. The van der Waals surface area contributed by atoms with Gasteiger partial charge in [-0.25, -0.2) is 9.50 Å². The first kappa shape index (κ1) is 16.1. The number of ether oxygens (including phenoxy) is 1. The Kier molecular flexibility index (Phi) is 4.05. The molecule has 0 aliphatic rings. The zero-order chi connectivity index (χ0) is 18.1. The monoisotopic (exact) mass is 345 g/mol. The summed E-state index contributed by atoms with van der Waals surface area (Å²) in [6.07, 6.45) is 0.568. The Morgan fingerprint density at radius 2 is 1.81 bits per heavy atom. The Bertz CT molecular complexity index is 1110. The Labute approximate surface area is 150 Å². The van der Waals surface area contributed by atoms with Gasteiger partial charge in [0.15, 0.2) is 5.65 Å². The highest BCUT2D eigenvalue weighted by Crippen LogP contribution is 2.22. The zero-order valence-corrected chi connectivity index (χ0v) is 14.7. The minimum atomic E-state index is -0.0592. The average molecular weight is 345 g/mol. The number of hydrogen-bond acceptors (Lipinski definition) is 3. The lowest BCUT2D eigenvalue weighted by Crippen LogP contribution is -2.22. The van der Waals surface area contributed by atoms with Crippen LogP contribution in [0.2, 0.25) is 0 Å². The molecule has 0 atom stereocenters. The van der Waals surface area contributed by atoms with Crippen molar-refractivity contribution >= 4 is 5.65 Å². The third-order valence-electron chi connectivity index (χ3n) is 4.54. The van der Waals surface area contributed by atoms with Gasteiger partial charge in [-0.2, -0.15) is 0 Å². The van der Waals surface area contributed by atoms with Crippen molar-refractivity contribution in [1.29, 1.82) is 0 Å². The Balaban J connectivity index is 1.78. The first-order valence-electron chi connectivity index (χ1n) is 8.45. The van der Waals surface area contributed by atoms with Crippen LogP contribution in [0.15, 0.2) is 65.5 Å². The van der Waals surface area contributed by atoms with Crippen molar-refractivity contribution in [3.63, 3.8) is 0 Å². The van der Waals surface area contributed by atoms with Crippen LogP contribution in [0.1, 0.15) is 16.8 Å². The highest BCUT2D eigenvalue weighted by molar-refractivity contribution is 5.64. The van der Waals surface area contributed by atoms with Crippen LogP contribution in [0.4, 0.5) is 0 Å². The molecule has 0 aliphatic heterocycles. The molecule has 0 fully saturated rings. The van der Waals surface area contributed by atoms with Gasteiger partial charge < -0.3 is 4.74 Å². The first-order valence-corrected chi connectivity index (χ1v) is 8.45. The van der Waals surface area contributed by atoms with Gasteiger partial charge >= 0.3 is 0 Å². The lowest BCUT2D eigenvalue weighted by atomic mass is 10.1. The quantitative estimate of drug-likeness (QED) is 0.615. The molecule has 0 amide bonds. The summed E-state index contributed by atoms with van der Waals surface area (Å²) in [4.78, 5) is 17.6. The second-order valence-electron chi connectivity index (χ2n) is 6.24. The Morgan fingerprint density at radius 1 is 1.08 bits per heavy atom. The van der Waals surface area contributed by atoms with Crippen molar-refractivity contribution in [3.8, 4) is 17.0 Å². The van der Waals surface area contributed by atoms with E-state index in [1.165, 1.54) is 4.52 Å². The number of aromatic amines is 1. The predicted octanol–water partition coefficient (Wildman–Crippen LogP) is 3.60. The summed E-state index contributed by atoms with van der Waals surface area (Å²) in [6, 6.07) is 19.5. The van der Waals surface area contributed by atoms with Crippen LogP contribution in [0.5, 0.6) is 5.75 Å². The first-order chi connectivity index (χ1) is 12.7. The lowest BCUT2D eigenvalue weighted by molar-refractivity contribution is 0.415. The third-order valence-corrected chi connectivity index (χ3v) is 4.54. The van der Waals surface area contributed by atoms with Crippen molar-refractivity contribution in [2.75, 3.05) is 7.11 Å². The fourth-order valence-electron chi connectivity index (χ4n) is 3.09. The van der Waals surface area contributed by atoms with E-state index in [1.807, 2.05) is 67.6 Å². The molecule has 0 bridgehead atoms. The summed E-state index contributed by atoms with van der Waals surface area (Å²) in [6.45, 7) is 1.89. The van der Waals surface area contributed by atoms with E-state index in [2.05, 4.69) is 10.1 Å². The van der Waals surface area contributed by atoms with Gasteiger partial charge in [-0.05, 0) is 42.3 Å². The van der Waals surface area contributed by atoms with E-state index in [4.69, 9.17) is 4.74 Å². The third kappa shape index (κ3) is 2.88. The number of fused-ring (bicyclic) bond motifs is 1. The fourth-order valence-corrected chi connectivity index (χ4v) is 3.09. The highest BCUT2D eigenvalue weighted by Gasteiger charge is 2.13. The minimum absolute atomic E-state index is 0.0592. The second kappa shape index (κ2) is 6.52. The number of nitrogens with one attached hydrogen (secondary N) is 1. The fraction of sp³-hybridized carbons (Fsp3) is 0.143. The molecule has 5 heteroatoms. The van der Waals surface area contributed by atoms with Crippen LogP contribution in [0.25, 0.3) is 16.9 Å². The number of methoxy groups -OCH3 is 1. The van der Waals surface area contributed by atoms with Crippen LogP contribution >= 0.6 is 0 Å². The molecule has 4 rings (SSSR count). The summed E-state index contributed by atoms with van der Waals surface area (Å²) in [5, 5.41) is 3.17. The predicted molar refractivity (Wildman–Crippen MR) is 102 cm³/mol. The molecule has 2 aromatic heterocycles. The average Bonchev–Trinajstić information content (AvgIpc) is 3.10. The van der Waals surface area contributed by atoms with Gasteiger partial charge in [0, 0.05) is 23.7 Å². The lowest BCUT2D eigenvalue weighted by Gasteiger charge is -2.05. The summed E-state index contributed by atoms with van der Waals surface area (Å²) >= 11 is 0. The molecular formula is C21H19N3O2. The van der Waals surface area contributed by atoms with E-state index in [0.717, 1.165) is 28.3 Å². The smallest absolute Gasteiger partial charge is 0.276 e. The number of H-pyrrole nitrogens is 1. The topological polar surface area (TPSA) is 59.4 Å². The molecule has 26 heavy (non-hydrogen) atoms. The largest absolute Gasteiger partial charge is 0.497 e. The van der Waals surface area contributed by atoms with E-state index < -0.39 is 0 Å².